The van der Waals surface area contributed by atoms with Gasteiger partial charge in [0.15, 0.2) is 5.96 Å². The molecule has 6 nitrogen and oxygen atoms in total. The summed E-state index contributed by atoms with van der Waals surface area (Å²) in [5.41, 5.74) is 8.13. The quantitative estimate of drug-likeness (QED) is 0.408. The number of benzene rings is 2. The van der Waals surface area contributed by atoms with Gasteiger partial charge in [-0.1, -0.05) is 19.1 Å². The molecular weight excluding hydrogens is 330 g/mol. The first-order valence-electron chi connectivity index (χ1n) is 8.66. The number of guanidine groups is 1. The van der Waals surface area contributed by atoms with Crippen LogP contribution < -0.4 is 25.3 Å². The van der Waals surface area contributed by atoms with E-state index >= 15 is 0 Å². The Morgan fingerprint density at radius 2 is 1.62 bits per heavy atom. The Kier molecular flexibility index (Phi) is 7.61. The molecule has 0 aliphatic rings. The van der Waals surface area contributed by atoms with Crippen molar-refractivity contribution in [2.45, 2.75) is 19.8 Å². The fourth-order valence-electron chi connectivity index (χ4n) is 2.33. The van der Waals surface area contributed by atoms with Gasteiger partial charge in [0, 0.05) is 36.9 Å². The van der Waals surface area contributed by atoms with Crippen molar-refractivity contribution in [2.75, 3.05) is 32.7 Å². The van der Waals surface area contributed by atoms with Gasteiger partial charge in [-0.15, -0.1) is 0 Å². The van der Waals surface area contributed by atoms with E-state index in [4.69, 9.17) is 19.9 Å². The molecule has 3 N–H and O–H groups in total. The molecule has 0 aliphatic carbocycles. The minimum Gasteiger partial charge on any atom is -0.496 e. The third-order valence-electron chi connectivity index (χ3n) is 3.81. The second-order valence-corrected chi connectivity index (χ2v) is 5.69. The molecule has 0 spiro atoms. The lowest BCUT2D eigenvalue weighted by Crippen LogP contribution is -2.23. The summed E-state index contributed by atoms with van der Waals surface area (Å²) in [5.74, 6) is 2.49. The molecule has 0 bridgehead atoms. The zero-order chi connectivity index (χ0) is 18.8. The number of hydrogen-bond acceptors (Lipinski definition) is 4. The standard InChI is InChI=1S/C20H27N3O3/c1-4-15-6-8-16(9-7-15)23-20(21)22-10-5-11-26-19-13-17(24-2)12-18(14-19)25-3/h6-9,12-14H,4-5,10-11H2,1-3H3,(H3,21,22,23). The Morgan fingerprint density at radius 3 is 2.19 bits per heavy atom. The van der Waals surface area contributed by atoms with Crippen molar-refractivity contribution < 1.29 is 14.2 Å². The molecule has 26 heavy (non-hydrogen) atoms. The first kappa shape index (κ1) is 19.4. The van der Waals surface area contributed by atoms with Gasteiger partial charge in [0.05, 0.1) is 20.8 Å². The number of rotatable bonds is 9. The van der Waals surface area contributed by atoms with Gasteiger partial charge in [-0.3, -0.25) is 4.99 Å². The fourth-order valence-corrected chi connectivity index (χ4v) is 2.33. The number of aliphatic imine (C=N–C) groups is 1. The second-order valence-electron chi connectivity index (χ2n) is 5.69. The number of anilines is 1. The molecule has 0 unspecified atom stereocenters. The predicted molar refractivity (Wildman–Crippen MR) is 106 cm³/mol. The molecule has 0 heterocycles. The maximum Gasteiger partial charge on any atom is 0.193 e. The Balaban J connectivity index is 1.76. The number of nitrogens with zero attached hydrogens (tertiary/aromatic N) is 1. The van der Waals surface area contributed by atoms with Crippen molar-refractivity contribution in [1.29, 1.82) is 0 Å². The molecule has 140 valence electrons. The van der Waals surface area contributed by atoms with Crippen LogP contribution in [0.25, 0.3) is 0 Å². The zero-order valence-corrected chi connectivity index (χ0v) is 15.6. The SMILES string of the molecule is CCc1ccc(NC(N)=NCCCOc2cc(OC)cc(OC)c2)cc1. The Bertz CT molecular complexity index is 692. The Labute approximate surface area is 155 Å². The maximum atomic E-state index is 5.91. The molecule has 0 radical (unpaired) electrons. The van der Waals surface area contributed by atoms with Crippen molar-refractivity contribution in [2.24, 2.45) is 10.7 Å². The van der Waals surface area contributed by atoms with E-state index in [0.717, 1.165) is 18.5 Å². The van der Waals surface area contributed by atoms with Crippen LogP contribution in [0.4, 0.5) is 5.69 Å². The Morgan fingerprint density at radius 1 is 1.00 bits per heavy atom. The van der Waals surface area contributed by atoms with Crippen LogP contribution in [0.1, 0.15) is 18.9 Å². The van der Waals surface area contributed by atoms with E-state index in [1.165, 1.54) is 5.56 Å². The summed E-state index contributed by atoms with van der Waals surface area (Å²) in [7, 11) is 3.22. The third-order valence-corrected chi connectivity index (χ3v) is 3.81. The largest absolute Gasteiger partial charge is 0.496 e. The maximum absolute atomic E-state index is 5.91. The number of nitrogens with two attached hydrogens (primary N) is 1. The lowest BCUT2D eigenvalue weighted by molar-refractivity contribution is 0.307. The van der Waals surface area contributed by atoms with Crippen molar-refractivity contribution in [3.63, 3.8) is 0 Å². The smallest absolute Gasteiger partial charge is 0.193 e. The summed E-state index contributed by atoms with van der Waals surface area (Å²) >= 11 is 0. The van der Waals surface area contributed by atoms with E-state index in [1.54, 1.807) is 20.3 Å². The lowest BCUT2D eigenvalue weighted by atomic mass is 10.1. The van der Waals surface area contributed by atoms with Crippen LogP contribution in [0.5, 0.6) is 17.2 Å². The van der Waals surface area contributed by atoms with Gasteiger partial charge in [0.2, 0.25) is 0 Å². The van der Waals surface area contributed by atoms with Gasteiger partial charge in [-0.2, -0.15) is 0 Å². The molecule has 0 atom stereocenters. The first-order chi connectivity index (χ1) is 12.6. The van der Waals surface area contributed by atoms with E-state index in [9.17, 15) is 0 Å². The van der Waals surface area contributed by atoms with Crippen LogP contribution >= 0.6 is 0 Å². The van der Waals surface area contributed by atoms with Crippen LogP contribution in [0.15, 0.2) is 47.5 Å². The topological polar surface area (TPSA) is 78.1 Å². The average molecular weight is 357 g/mol. The fraction of sp³-hybridized carbons (Fsp3) is 0.350. The Hall–Kier alpha value is -2.89. The second kappa shape index (κ2) is 10.2. The summed E-state index contributed by atoms with van der Waals surface area (Å²) in [6.07, 6.45) is 1.76. The lowest BCUT2D eigenvalue weighted by Gasteiger charge is -2.10. The van der Waals surface area contributed by atoms with Crippen molar-refractivity contribution in [1.82, 2.24) is 0 Å². The number of methoxy groups -OCH3 is 2. The summed E-state index contributed by atoms with van der Waals surface area (Å²) in [6, 6.07) is 13.6. The number of hydrogen-bond donors (Lipinski definition) is 2. The molecule has 6 heteroatoms. The zero-order valence-electron chi connectivity index (χ0n) is 15.6. The molecule has 0 saturated heterocycles. The van der Waals surface area contributed by atoms with Crippen LogP contribution in [0, 0.1) is 0 Å². The molecular formula is C20H27N3O3. The predicted octanol–water partition coefficient (Wildman–Crippen LogP) is 3.46. The molecule has 2 aromatic carbocycles. The average Bonchev–Trinajstić information content (AvgIpc) is 2.68. The monoisotopic (exact) mass is 357 g/mol. The highest BCUT2D eigenvalue weighted by molar-refractivity contribution is 5.92. The van der Waals surface area contributed by atoms with E-state index < -0.39 is 0 Å². The molecule has 0 saturated carbocycles. The van der Waals surface area contributed by atoms with Gasteiger partial charge in [0.25, 0.3) is 0 Å². The minimum absolute atomic E-state index is 0.400. The first-order valence-corrected chi connectivity index (χ1v) is 8.66. The van der Waals surface area contributed by atoms with Crippen LogP contribution in [-0.4, -0.2) is 33.3 Å². The summed E-state index contributed by atoms with van der Waals surface area (Å²) in [5, 5.41) is 3.09. The highest BCUT2D eigenvalue weighted by Crippen LogP contribution is 2.27. The van der Waals surface area contributed by atoms with Gasteiger partial charge >= 0.3 is 0 Å². The molecule has 2 aromatic rings. The van der Waals surface area contributed by atoms with Crippen LogP contribution in [0.3, 0.4) is 0 Å². The van der Waals surface area contributed by atoms with Gasteiger partial charge < -0.3 is 25.3 Å². The third kappa shape index (κ3) is 6.20. The van der Waals surface area contributed by atoms with Crippen molar-refractivity contribution in [3.05, 3.63) is 48.0 Å². The van der Waals surface area contributed by atoms with Crippen LogP contribution in [0.2, 0.25) is 0 Å². The summed E-state index contributed by atoms with van der Waals surface area (Å²) in [4.78, 5) is 4.31. The van der Waals surface area contributed by atoms with Crippen LogP contribution in [-0.2, 0) is 6.42 Å². The minimum atomic E-state index is 0.400. The highest BCUT2D eigenvalue weighted by atomic mass is 16.5. The summed E-state index contributed by atoms with van der Waals surface area (Å²) < 4.78 is 16.2. The van der Waals surface area contributed by atoms with E-state index in [1.807, 2.05) is 24.3 Å². The van der Waals surface area contributed by atoms with Gasteiger partial charge in [0.1, 0.15) is 17.2 Å². The van der Waals surface area contributed by atoms with E-state index in [2.05, 4.69) is 29.4 Å². The normalized spacial score (nSPS) is 11.1. The molecule has 2 rings (SSSR count). The number of nitrogens with one attached hydrogen (secondary N) is 1. The summed E-state index contributed by atoms with van der Waals surface area (Å²) in [6.45, 7) is 3.23. The van der Waals surface area contributed by atoms with Crippen molar-refractivity contribution in [3.8, 4) is 17.2 Å². The van der Waals surface area contributed by atoms with E-state index in [0.29, 0.717) is 36.4 Å². The van der Waals surface area contributed by atoms with Gasteiger partial charge in [-0.05, 0) is 24.1 Å². The van der Waals surface area contributed by atoms with Crippen molar-refractivity contribution >= 4 is 11.6 Å². The number of ether oxygens (including phenoxy) is 3. The molecule has 0 amide bonds. The number of aryl methyl sites for hydroxylation is 1. The molecule has 0 aliphatic heterocycles. The molecule has 0 fully saturated rings. The molecule has 0 aromatic heterocycles. The highest BCUT2D eigenvalue weighted by Gasteiger charge is 2.03. The van der Waals surface area contributed by atoms with E-state index in [-0.39, 0.29) is 0 Å². The van der Waals surface area contributed by atoms with Gasteiger partial charge in [-0.25, -0.2) is 0 Å².